The molecule has 0 aliphatic heterocycles. The largest absolute Gasteiger partial charge is 0.496 e. The van der Waals surface area contributed by atoms with E-state index in [2.05, 4.69) is 10.6 Å². The van der Waals surface area contributed by atoms with Crippen LogP contribution in [0.15, 0.2) is 42.5 Å². The maximum Gasteiger partial charge on any atom is 0.273 e. The number of nitro benzene ring substituents is 1. The molecule has 6 heteroatoms. The van der Waals surface area contributed by atoms with Gasteiger partial charge in [-0.3, -0.25) is 10.1 Å². The fourth-order valence-electron chi connectivity index (χ4n) is 2.01. The Bertz CT molecular complexity index is 644. The number of hydrogen-bond acceptors (Lipinski definition) is 5. The molecule has 0 saturated carbocycles. The maximum atomic E-state index is 10.9. The number of nitrogens with zero attached hydrogens (tertiary/aromatic N) is 1. The summed E-state index contributed by atoms with van der Waals surface area (Å²) in [5.41, 5.74) is 2.40. The van der Waals surface area contributed by atoms with Crippen LogP contribution in [0, 0.1) is 10.1 Å². The van der Waals surface area contributed by atoms with Crippen LogP contribution in [0.25, 0.3) is 0 Å². The Hall–Kier alpha value is -2.76. The smallest absolute Gasteiger partial charge is 0.273 e. The predicted molar refractivity (Wildman–Crippen MR) is 83.0 cm³/mol. The van der Waals surface area contributed by atoms with E-state index in [0.717, 1.165) is 11.3 Å². The van der Waals surface area contributed by atoms with Crippen LogP contribution in [0.4, 0.5) is 17.1 Å². The minimum atomic E-state index is -0.408. The summed E-state index contributed by atoms with van der Waals surface area (Å²) in [5, 5.41) is 17.0. The number of non-ortho nitro benzene ring substituents is 1. The van der Waals surface area contributed by atoms with Crippen molar-refractivity contribution < 1.29 is 9.66 Å². The van der Waals surface area contributed by atoms with Gasteiger partial charge in [0, 0.05) is 42.7 Å². The molecule has 0 atom stereocenters. The van der Waals surface area contributed by atoms with Crippen molar-refractivity contribution >= 4 is 17.1 Å². The first-order valence-corrected chi connectivity index (χ1v) is 6.47. The molecular weight excluding hydrogens is 270 g/mol. The number of methoxy groups -OCH3 is 1. The van der Waals surface area contributed by atoms with Crippen LogP contribution in [-0.2, 0) is 6.54 Å². The topological polar surface area (TPSA) is 76.4 Å². The van der Waals surface area contributed by atoms with E-state index in [1.807, 2.05) is 30.3 Å². The zero-order chi connectivity index (χ0) is 15.2. The second-order valence-electron chi connectivity index (χ2n) is 4.44. The summed E-state index contributed by atoms with van der Waals surface area (Å²) in [5.74, 6) is 0.782. The molecule has 21 heavy (non-hydrogen) atoms. The van der Waals surface area contributed by atoms with Gasteiger partial charge in [-0.25, -0.2) is 0 Å². The third kappa shape index (κ3) is 3.62. The van der Waals surface area contributed by atoms with E-state index >= 15 is 0 Å². The normalized spacial score (nSPS) is 10.0. The Labute approximate surface area is 122 Å². The molecule has 2 rings (SSSR count). The lowest BCUT2D eigenvalue weighted by Gasteiger charge is -2.11. The van der Waals surface area contributed by atoms with E-state index in [1.54, 1.807) is 14.2 Å². The number of benzene rings is 2. The first-order valence-electron chi connectivity index (χ1n) is 6.47. The molecule has 110 valence electrons. The molecule has 0 aliphatic carbocycles. The minimum Gasteiger partial charge on any atom is -0.496 e. The minimum absolute atomic E-state index is 0.0457. The van der Waals surface area contributed by atoms with E-state index in [0.29, 0.717) is 17.9 Å². The van der Waals surface area contributed by atoms with E-state index in [-0.39, 0.29) is 5.69 Å². The lowest BCUT2D eigenvalue weighted by atomic mass is 10.2. The van der Waals surface area contributed by atoms with Gasteiger partial charge in [-0.15, -0.1) is 0 Å². The van der Waals surface area contributed by atoms with E-state index < -0.39 is 4.92 Å². The Morgan fingerprint density at radius 2 is 1.90 bits per heavy atom. The molecule has 0 radical (unpaired) electrons. The highest BCUT2D eigenvalue weighted by Gasteiger charge is 2.09. The van der Waals surface area contributed by atoms with Gasteiger partial charge in [-0.2, -0.15) is 0 Å². The van der Waals surface area contributed by atoms with Gasteiger partial charge in [-0.1, -0.05) is 18.2 Å². The Balaban J connectivity index is 2.19. The average Bonchev–Trinajstić information content (AvgIpc) is 2.52. The summed E-state index contributed by atoms with van der Waals surface area (Å²) in [4.78, 5) is 10.5. The van der Waals surface area contributed by atoms with Crippen LogP contribution in [0.1, 0.15) is 5.56 Å². The first-order chi connectivity index (χ1) is 10.1. The van der Waals surface area contributed by atoms with Crippen LogP contribution in [0.5, 0.6) is 5.75 Å². The summed E-state index contributed by atoms with van der Waals surface area (Å²) in [6, 6.07) is 12.5. The lowest BCUT2D eigenvalue weighted by Crippen LogP contribution is -2.03. The molecule has 0 aromatic heterocycles. The molecule has 0 spiro atoms. The quantitative estimate of drug-likeness (QED) is 0.630. The van der Waals surface area contributed by atoms with Crippen LogP contribution < -0.4 is 15.4 Å². The fourth-order valence-corrected chi connectivity index (χ4v) is 2.01. The predicted octanol–water partition coefficient (Wildman–Crippen LogP) is 3.26. The Morgan fingerprint density at radius 1 is 1.19 bits per heavy atom. The SMILES string of the molecule is CNc1cc(NCc2ccccc2OC)cc([N+](=O)[O-])c1. The van der Waals surface area contributed by atoms with Crippen molar-refractivity contribution in [3.05, 3.63) is 58.1 Å². The standard InChI is InChI=1S/C15H17N3O3/c1-16-12-7-13(9-14(8-12)18(19)20)17-10-11-5-3-4-6-15(11)21-2/h3-9,16-17H,10H2,1-2H3. The second kappa shape index (κ2) is 6.60. The van der Waals surface area contributed by atoms with Gasteiger partial charge in [-0.05, 0) is 12.1 Å². The van der Waals surface area contributed by atoms with Crippen molar-refractivity contribution in [2.24, 2.45) is 0 Å². The molecule has 6 nitrogen and oxygen atoms in total. The highest BCUT2D eigenvalue weighted by molar-refractivity contribution is 5.63. The van der Waals surface area contributed by atoms with E-state index in [1.165, 1.54) is 12.1 Å². The molecule has 0 fully saturated rings. The van der Waals surface area contributed by atoms with Gasteiger partial charge in [0.2, 0.25) is 0 Å². The van der Waals surface area contributed by atoms with Crippen LogP contribution in [-0.4, -0.2) is 19.1 Å². The van der Waals surface area contributed by atoms with Crippen LogP contribution >= 0.6 is 0 Å². The maximum absolute atomic E-state index is 10.9. The van der Waals surface area contributed by atoms with Crippen LogP contribution in [0.2, 0.25) is 0 Å². The van der Waals surface area contributed by atoms with Gasteiger partial charge >= 0.3 is 0 Å². The highest BCUT2D eigenvalue weighted by Crippen LogP contribution is 2.25. The Kier molecular flexibility index (Phi) is 4.61. The molecule has 0 aliphatic rings. The van der Waals surface area contributed by atoms with Gasteiger partial charge < -0.3 is 15.4 Å². The fraction of sp³-hybridized carbons (Fsp3) is 0.200. The molecule has 2 aromatic carbocycles. The molecular formula is C15H17N3O3. The summed E-state index contributed by atoms with van der Waals surface area (Å²) in [6.07, 6.45) is 0. The number of para-hydroxylation sites is 1. The number of anilines is 2. The summed E-state index contributed by atoms with van der Waals surface area (Å²) >= 11 is 0. The van der Waals surface area contributed by atoms with Crippen molar-refractivity contribution in [3.63, 3.8) is 0 Å². The molecule has 0 heterocycles. The lowest BCUT2D eigenvalue weighted by molar-refractivity contribution is -0.384. The zero-order valence-corrected chi connectivity index (χ0v) is 11.9. The molecule has 0 saturated heterocycles. The van der Waals surface area contributed by atoms with Gasteiger partial charge in [0.1, 0.15) is 5.75 Å². The number of nitro groups is 1. The molecule has 2 N–H and O–H groups in total. The summed E-state index contributed by atoms with van der Waals surface area (Å²) in [7, 11) is 3.34. The van der Waals surface area contributed by atoms with Gasteiger partial charge in [0.05, 0.1) is 12.0 Å². The van der Waals surface area contributed by atoms with Crippen molar-refractivity contribution in [2.45, 2.75) is 6.54 Å². The van der Waals surface area contributed by atoms with E-state index in [9.17, 15) is 10.1 Å². The van der Waals surface area contributed by atoms with Crippen LogP contribution in [0.3, 0.4) is 0 Å². The van der Waals surface area contributed by atoms with Crippen molar-refractivity contribution in [3.8, 4) is 5.75 Å². The average molecular weight is 287 g/mol. The van der Waals surface area contributed by atoms with Crippen molar-refractivity contribution in [1.82, 2.24) is 0 Å². The van der Waals surface area contributed by atoms with Crippen molar-refractivity contribution in [1.29, 1.82) is 0 Å². The molecule has 0 amide bonds. The number of rotatable bonds is 6. The number of ether oxygens (including phenoxy) is 1. The molecule has 0 bridgehead atoms. The molecule has 2 aromatic rings. The molecule has 0 unspecified atom stereocenters. The number of nitrogens with one attached hydrogen (secondary N) is 2. The summed E-state index contributed by atoms with van der Waals surface area (Å²) < 4.78 is 5.28. The van der Waals surface area contributed by atoms with Gasteiger partial charge in [0.25, 0.3) is 5.69 Å². The number of hydrogen-bond donors (Lipinski definition) is 2. The van der Waals surface area contributed by atoms with E-state index in [4.69, 9.17) is 4.74 Å². The highest BCUT2D eigenvalue weighted by atomic mass is 16.6. The second-order valence-corrected chi connectivity index (χ2v) is 4.44. The first kappa shape index (κ1) is 14.6. The summed E-state index contributed by atoms with van der Waals surface area (Å²) in [6.45, 7) is 0.522. The van der Waals surface area contributed by atoms with Crippen molar-refractivity contribution in [2.75, 3.05) is 24.8 Å². The zero-order valence-electron chi connectivity index (χ0n) is 11.9. The third-order valence-electron chi connectivity index (χ3n) is 3.09. The monoisotopic (exact) mass is 287 g/mol. The Morgan fingerprint density at radius 3 is 2.57 bits per heavy atom. The van der Waals surface area contributed by atoms with Gasteiger partial charge in [0.15, 0.2) is 0 Å². The third-order valence-corrected chi connectivity index (χ3v) is 3.09.